The molecule has 1 fully saturated rings. The third kappa shape index (κ3) is 4.82. The van der Waals surface area contributed by atoms with Crippen molar-refractivity contribution in [2.24, 2.45) is 10.1 Å². The number of nitrogens with one attached hydrogen (secondary N) is 2. The molecule has 8 nitrogen and oxygen atoms in total. The Morgan fingerprint density at radius 3 is 2.62 bits per heavy atom. The van der Waals surface area contributed by atoms with E-state index in [1.54, 1.807) is 4.68 Å². The number of hydrogen-bond acceptors (Lipinski definition) is 5. The topological polar surface area (TPSA) is 79.0 Å². The van der Waals surface area contributed by atoms with Crippen LogP contribution in [0.15, 0.2) is 65.1 Å². The monoisotopic (exact) mass is 459 g/mol. The molecule has 0 atom stereocenters. The van der Waals surface area contributed by atoms with Crippen LogP contribution >= 0.6 is 0 Å². The van der Waals surface area contributed by atoms with E-state index in [0.717, 1.165) is 65.8 Å². The summed E-state index contributed by atoms with van der Waals surface area (Å²) in [6, 6.07) is 10.3. The number of carbonyl (C=O) groups is 1. The van der Waals surface area contributed by atoms with Crippen LogP contribution in [-0.4, -0.2) is 60.1 Å². The number of rotatable bonds is 9. The molecular formula is C26H33N7O. The van der Waals surface area contributed by atoms with Gasteiger partial charge in [0.2, 0.25) is 0 Å². The van der Waals surface area contributed by atoms with Crippen LogP contribution in [0, 0.1) is 0 Å². The van der Waals surface area contributed by atoms with E-state index in [2.05, 4.69) is 63.7 Å². The number of carbonyl (C=O) groups excluding carboxylic acids is 1. The molecule has 0 spiro atoms. The van der Waals surface area contributed by atoms with Gasteiger partial charge in [-0.3, -0.25) is 4.79 Å². The van der Waals surface area contributed by atoms with E-state index in [1.807, 2.05) is 36.5 Å². The Balaban J connectivity index is 1.71. The van der Waals surface area contributed by atoms with Gasteiger partial charge in [0.25, 0.3) is 5.91 Å². The fourth-order valence-corrected chi connectivity index (χ4v) is 4.41. The molecule has 1 aliphatic heterocycles. The Kier molecular flexibility index (Phi) is 7.27. The van der Waals surface area contributed by atoms with Crippen LogP contribution in [0.4, 0.5) is 0 Å². The van der Waals surface area contributed by atoms with Crippen molar-refractivity contribution in [1.29, 1.82) is 0 Å². The lowest BCUT2D eigenvalue weighted by Gasteiger charge is -2.14. The molecule has 2 N–H and O–H groups in total. The normalized spacial score (nSPS) is 14.1. The fourth-order valence-electron chi connectivity index (χ4n) is 4.41. The van der Waals surface area contributed by atoms with Gasteiger partial charge >= 0.3 is 0 Å². The van der Waals surface area contributed by atoms with Crippen molar-refractivity contribution in [1.82, 2.24) is 24.8 Å². The lowest BCUT2D eigenvalue weighted by molar-refractivity contribution is 0.0794. The van der Waals surface area contributed by atoms with Crippen LogP contribution in [0.3, 0.4) is 0 Å². The predicted molar refractivity (Wildman–Crippen MR) is 138 cm³/mol. The molecule has 34 heavy (non-hydrogen) atoms. The molecule has 4 rings (SSSR count). The van der Waals surface area contributed by atoms with Gasteiger partial charge in [0.05, 0.1) is 5.56 Å². The Bertz CT molecular complexity index is 1280. The highest BCUT2D eigenvalue weighted by Gasteiger charge is 2.23. The predicted octanol–water partition coefficient (Wildman–Crippen LogP) is 3.01. The molecule has 3 heterocycles. The number of fused-ring (bicyclic) bond motifs is 1. The second-order valence-corrected chi connectivity index (χ2v) is 8.45. The minimum Gasteiger partial charge on any atom is -0.369 e. The molecule has 3 aromatic rings. The quantitative estimate of drug-likeness (QED) is 0.483. The lowest BCUT2D eigenvalue weighted by atomic mass is 10.0. The number of likely N-dealkylation sites (tertiary alicyclic amines) is 1. The van der Waals surface area contributed by atoms with Crippen molar-refractivity contribution in [3.8, 4) is 11.1 Å². The van der Waals surface area contributed by atoms with E-state index in [4.69, 9.17) is 0 Å². The van der Waals surface area contributed by atoms with Gasteiger partial charge in [0.1, 0.15) is 6.67 Å². The summed E-state index contributed by atoms with van der Waals surface area (Å²) in [6.07, 6.45) is 6.00. The van der Waals surface area contributed by atoms with E-state index >= 15 is 0 Å². The average molecular weight is 460 g/mol. The molecule has 1 amide bonds. The van der Waals surface area contributed by atoms with Crippen molar-refractivity contribution < 1.29 is 4.79 Å². The summed E-state index contributed by atoms with van der Waals surface area (Å²) >= 11 is 0. The molecule has 1 aliphatic rings. The summed E-state index contributed by atoms with van der Waals surface area (Å²) in [5, 5.41) is 11.3. The zero-order valence-corrected chi connectivity index (χ0v) is 20.0. The van der Waals surface area contributed by atoms with Crippen molar-refractivity contribution in [3.05, 3.63) is 66.1 Å². The molecule has 0 bridgehead atoms. The zero-order chi connectivity index (χ0) is 24.1. The Morgan fingerprint density at radius 2 is 1.91 bits per heavy atom. The average Bonchev–Trinajstić information content (AvgIpc) is 3.52. The summed E-state index contributed by atoms with van der Waals surface area (Å²) in [4.78, 5) is 19.8. The zero-order valence-electron chi connectivity index (χ0n) is 20.0. The number of nitrogens with zero attached hydrogens (tertiary/aromatic N) is 5. The first kappa shape index (κ1) is 23.5. The van der Waals surface area contributed by atoms with Gasteiger partial charge in [-0.05, 0) is 62.2 Å². The number of likely N-dealkylation sites (N-methyl/N-ethyl adjacent to an activating group) is 1. The van der Waals surface area contributed by atoms with Gasteiger partial charge in [-0.1, -0.05) is 12.6 Å². The maximum atomic E-state index is 13.3. The van der Waals surface area contributed by atoms with Crippen molar-refractivity contribution >= 4 is 23.5 Å². The second-order valence-electron chi connectivity index (χ2n) is 8.45. The van der Waals surface area contributed by atoms with Gasteiger partial charge in [0.15, 0.2) is 5.49 Å². The van der Waals surface area contributed by atoms with Crippen LogP contribution in [0.2, 0.25) is 0 Å². The highest BCUT2D eigenvalue weighted by Crippen LogP contribution is 2.29. The summed E-state index contributed by atoms with van der Waals surface area (Å²) < 4.78 is 3.79. The molecule has 0 radical (unpaired) electrons. The van der Waals surface area contributed by atoms with E-state index in [-0.39, 0.29) is 5.91 Å². The van der Waals surface area contributed by atoms with E-state index < -0.39 is 0 Å². The van der Waals surface area contributed by atoms with Gasteiger partial charge in [-0.2, -0.15) is 5.10 Å². The molecule has 2 aromatic heterocycles. The van der Waals surface area contributed by atoms with Crippen molar-refractivity contribution in [2.75, 3.05) is 33.4 Å². The molecule has 0 saturated carbocycles. The standard InChI is InChI=1S/C26H33N7O/c1-5-31-17-23(26(34)32-11-6-7-12-32)22-14-20(8-9-24(22)31)21-10-13-33(28-4)25(15-21)30-18-29-19(2)16-27-3/h8-10,13-15,17,27,29H,2,4-7,11-12,16,18H2,1,3H3. The minimum absolute atomic E-state index is 0.122. The van der Waals surface area contributed by atoms with Gasteiger partial charge in [-0.25, -0.2) is 9.67 Å². The Labute approximate surface area is 200 Å². The maximum absolute atomic E-state index is 13.3. The molecule has 1 saturated heterocycles. The van der Waals surface area contributed by atoms with E-state index in [9.17, 15) is 4.79 Å². The third-order valence-electron chi connectivity index (χ3n) is 6.21. The molecule has 178 valence electrons. The van der Waals surface area contributed by atoms with Crippen molar-refractivity contribution in [2.45, 2.75) is 26.3 Å². The SMILES string of the molecule is C=Nn1ccc(-c2ccc3c(c2)c(C(=O)N2CCCC2)cn3CC)cc1=NCNC(=C)CNC. The summed E-state index contributed by atoms with van der Waals surface area (Å²) in [5.41, 5.74) is 5.41. The fraction of sp³-hybridized carbons (Fsp3) is 0.346. The first-order valence-electron chi connectivity index (χ1n) is 11.7. The van der Waals surface area contributed by atoms with Crippen molar-refractivity contribution in [3.63, 3.8) is 0 Å². The highest BCUT2D eigenvalue weighted by molar-refractivity contribution is 6.08. The van der Waals surface area contributed by atoms with Gasteiger partial charge in [0, 0.05) is 61.9 Å². The first-order valence-corrected chi connectivity index (χ1v) is 11.7. The first-order chi connectivity index (χ1) is 16.5. The Morgan fingerprint density at radius 1 is 1.15 bits per heavy atom. The molecule has 8 heteroatoms. The number of hydrogen-bond donors (Lipinski definition) is 2. The number of amides is 1. The summed E-state index contributed by atoms with van der Waals surface area (Å²) in [7, 11) is 1.87. The number of pyridine rings is 1. The minimum atomic E-state index is 0.122. The molecular weight excluding hydrogens is 426 g/mol. The van der Waals surface area contributed by atoms with Gasteiger partial charge < -0.3 is 20.1 Å². The molecule has 0 unspecified atom stereocenters. The summed E-state index contributed by atoms with van der Waals surface area (Å²) in [5.74, 6) is 0.122. The highest BCUT2D eigenvalue weighted by atomic mass is 16.2. The van der Waals surface area contributed by atoms with Gasteiger partial charge in [-0.15, -0.1) is 0 Å². The van der Waals surface area contributed by atoms with Crippen LogP contribution < -0.4 is 16.1 Å². The number of aryl methyl sites for hydroxylation is 1. The van der Waals surface area contributed by atoms with Crippen LogP contribution in [0.1, 0.15) is 30.1 Å². The Hall–Kier alpha value is -3.65. The van der Waals surface area contributed by atoms with E-state index in [0.29, 0.717) is 18.7 Å². The lowest BCUT2D eigenvalue weighted by Crippen LogP contribution is -2.27. The van der Waals surface area contributed by atoms with Crippen LogP contribution in [0.5, 0.6) is 0 Å². The second kappa shape index (κ2) is 10.5. The largest absolute Gasteiger partial charge is 0.369 e. The molecule has 1 aromatic carbocycles. The molecule has 0 aliphatic carbocycles. The number of benzene rings is 1. The van der Waals surface area contributed by atoms with E-state index in [1.165, 1.54) is 0 Å². The number of aromatic nitrogens is 2. The maximum Gasteiger partial charge on any atom is 0.256 e. The third-order valence-corrected chi connectivity index (χ3v) is 6.21. The summed E-state index contributed by atoms with van der Waals surface area (Å²) in [6.45, 7) is 13.3. The van der Waals surface area contributed by atoms with Crippen LogP contribution in [0.25, 0.3) is 22.0 Å². The smallest absolute Gasteiger partial charge is 0.256 e. The van der Waals surface area contributed by atoms with Crippen LogP contribution in [-0.2, 0) is 6.54 Å².